The molecule has 0 aliphatic rings. The molecule has 74 valence electrons. The maximum Gasteiger partial charge on any atom is 0.0697 e. The van der Waals surface area contributed by atoms with Crippen LogP contribution in [0.1, 0.15) is 39.5 Å². The van der Waals surface area contributed by atoms with E-state index in [1.807, 2.05) is 0 Å². The zero-order chi connectivity index (χ0) is 9.23. The lowest BCUT2D eigenvalue weighted by Gasteiger charge is -2.11. The summed E-state index contributed by atoms with van der Waals surface area (Å²) < 4.78 is 5.17. The average molecular weight is 174 g/mol. The Morgan fingerprint density at radius 3 is 2.33 bits per heavy atom. The molecule has 0 saturated carbocycles. The summed E-state index contributed by atoms with van der Waals surface area (Å²) in [5.74, 6) is 0.864. The molecule has 0 fully saturated rings. The smallest absolute Gasteiger partial charge is 0.0697 e. The molecule has 12 heavy (non-hydrogen) atoms. The van der Waals surface area contributed by atoms with Crippen molar-refractivity contribution in [1.29, 1.82) is 0 Å². The zero-order valence-corrected chi connectivity index (χ0v) is 8.38. The number of rotatable bonds is 8. The quantitative estimate of drug-likeness (QED) is 0.572. The Balaban J connectivity index is 3.06. The number of hydrogen-bond donors (Lipinski definition) is 1. The van der Waals surface area contributed by atoms with Gasteiger partial charge in [0.2, 0.25) is 0 Å². The van der Waals surface area contributed by atoms with Crippen LogP contribution < -0.4 is 0 Å². The minimum atomic E-state index is 0.144. The Kier molecular flexibility index (Phi) is 8.95. The standard InChI is InChI=1S/C10H22O2/c1-3-10(4-2)6-5-8-12-9-7-11/h10-11H,3-9H2,1-2H3. The van der Waals surface area contributed by atoms with Crippen molar-refractivity contribution in [3.05, 3.63) is 0 Å². The average Bonchev–Trinajstić information content (AvgIpc) is 2.11. The van der Waals surface area contributed by atoms with Crippen molar-refractivity contribution in [1.82, 2.24) is 0 Å². The molecule has 0 bridgehead atoms. The number of ether oxygens (including phenoxy) is 1. The maximum absolute atomic E-state index is 8.44. The van der Waals surface area contributed by atoms with Gasteiger partial charge in [-0.3, -0.25) is 0 Å². The highest BCUT2D eigenvalue weighted by atomic mass is 16.5. The first-order valence-corrected chi connectivity index (χ1v) is 5.03. The first-order valence-electron chi connectivity index (χ1n) is 5.03. The maximum atomic E-state index is 8.44. The van der Waals surface area contributed by atoms with Crippen LogP contribution >= 0.6 is 0 Å². The molecule has 2 nitrogen and oxygen atoms in total. The monoisotopic (exact) mass is 174 g/mol. The van der Waals surface area contributed by atoms with Crippen molar-refractivity contribution in [2.24, 2.45) is 5.92 Å². The largest absolute Gasteiger partial charge is 0.394 e. The fourth-order valence-corrected chi connectivity index (χ4v) is 1.34. The summed E-state index contributed by atoms with van der Waals surface area (Å²) in [7, 11) is 0. The highest BCUT2D eigenvalue weighted by Crippen LogP contribution is 2.14. The highest BCUT2D eigenvalue weighted by molar-refractivity contribution is 4.54. The second-order valence-electron chi connectivity index (χ2n) is 3.16. The lowest BCUT2D eigenvalue weighted by atomic mass is 9.98. The van der Waals surface area contributed by atoms with E-state index >= 15 is 0 Å². The molecule has 0 aromatic heterocycles. The van der Waals surface area contributed by atoms with Crippen LogP contribution in [0.25, 0.3) is 0 Å². The Labute approximate surface area is 75.9 Å². The van der Waals surface area contributed by atoms with Gasteiger partial charge in [-0.1, -0.05) is 26.7 Å². The van der Waals surface area contributed by atoms with Gasteiger partial charge >= 0.3 is 0 Å². The minimum absolute atomic E-state index is 0.144. The molecule has 0 atom stereocenters. The Morgan fingerprint density at radius 1 is 1.17 bits per heavy atom. The molecule has 0 unspecified atom stereocenters. The van der Waals surface area contributed by atoms with Gasteiger partial charge in [-0.25, -0.2) is 0 Å². The van der Waals surface area contributed by atoms with Crippen molar-refractivity contribution in [2.75, 3.05) is 19.8 Å². The summed E-state index contributed by atoms with van der Waals surface area (Å²) in [4.78, 5) is 0. The summed E-state index contributed by atoms with van der Waals surface area (Å²) in [6, 6.07) is 0. The fraction of sp³-hybridized carbons (Fsp3) is 1.00. The van der Waals surface area contributed by atoms with Crippen LogP contribution in [-0.4, -0.2) is 24.9 Å². The molecule has 0 radical (unpaired) electrons. The molecule has 0 spiro atoms. The van der Waals surface area contributed by atoms with Gasteiger partial charge in [0.05, 0.1) is 13.2 Å². The molecular formula is C10H22O2. The summed E-state index contributed by atoms with van der Waals surface area (Å²) in [5.41, 5.74) is 0. The van der Waals surface area contributed by atoms with Crippen LogP contribution in [0.3, 0.4) is 0 Å². The van der Waals surface area contributed by atoms with E-state index < -0.39 is 0 Å². The molecule has 0 aromatic carbocycles. The van der Waals surface area contributed by atoms with Crippen LogP contribution in [-0.2, 0) is 4.74 Å². The fourth-order valence-electron chi connectivity index (χ4n) is 1.34. The second-order valence-corrected chi connectivity index (χ2v) is 3.16. The Morgan fingerprint density at radius 2 is 1.83 bits per heavy atom. The third-order valence-electron chi connectivity index (χ3n) is 2.29. The Bertz CT molecular complexity index is 79.9. The van der Waals surface area contributed by atoms with E-state index in [4.69, 9.17) is 9.84 Å². The van der Waals surface area contributed by atoms with E-state index in [0.717, 1.165) is 18.9 Å². The van der Waals surface area contributed by atoms with E-state index in [9.17, 15) is 0 Å². The predicted octanol–water partition coefficient (Wildman–Crippen LogP) is 2.21. The minimum Gasteiger partial charge on any atom is -0.394 e. The highest BCUT2D eigenvalue weighted by Gasteiger charge is 2.01. The number of aliphatic hydroxyl groups excluding tert-OH is 1. The van der Waals surface area contributed by atoms with E-state index in [2.05, 4.69) is 13.8 Å². The van der Waals surface area contributed by atoms with Gasteiger partial charge in [-0.15, -0.1) is 0 Å². The van der Waals surface area contributed by atoms with Gasteiger partial charge in [0.15, 0.2) is 0 Å². The second kappa shape index (κ2) is 9.01. The number of aliphatic hydroxyl groups is 1. The van der Waals surface area contributed by atoms with Crippen LogP contribution in [0, 0.1) is 5.92 Å². The molecule has 0 rings (SSSR count). The lowest BCUT2D eigenvalue weighted by molar-refractivity contribution is 0.0874. The van der Waals surface area contributed by atoms with Crippen molar-refractivity contribution in [3.63, 3.8) is 0 Å². The molecule has 1 N–H and O–H groups in total. The van der Waals surface area contributed by atoms with Crippen LogP contribution in [0.5, 0.6) is 0 Å². The van der Waals surface area contributed by atoms with Gasteiger partial charge in [0, 0.05) is 6.61 Å². The van der Waals surface area contributed by atoms with Crippen molar-refractivity contribution >= 4 is 0 Å². The summed E-state index contributed by atoms with van der Waals surface area (Å²) in [5, 5.41) is 8.44. The zero-order valence-electron chi connectivity index (χ0n) is 8.38. The van der Waals surface area contributed by atoms with Gasteiger partial charge in [-0.05, 0) is 18.8 Å². The first-order chi connectivity index (χ1) is 5.85. The van der Waals surface area contributed by atoms with Crippen molar-refractivity contribution in [2.45, 2.75) is 39.5 Å². The summed E-state index contributed by atoms with van der Waals surface area (Å²) in [6.07, 6.45) is 4.94. The SMILES string of the molecule is CCC(CC)CCCOCCO. The Hall–Kier alpha value is -0.0800. The molecule has 0 amide bonds. The van der Waals surface area contributed by atoms with E-state index in [-0.39, 0.29) is 6.61 Å². The summed E-state index contributed by atoms with van der Waals surface area (Å²) in [6.45, 7) is 5.91. The van der Waals surface area contributed by atoms with Crippen molar-refractivity contribution < 1.29 is 9.84 Å². The van der Waals surface area contributed by atoms with Crippen LogP contribution in [0.15, 0.2) is 0 Å². The molecule has 0 aromatic rings. The van der Waals surface area contributed by atoms with Crippen LogP contribution in [0.2, 0.25) is 0 Å². The van der Waals surface area contributed by atoms with Crippen molar-refractivity contribution in [3.8, 4) is 0 Å². The molecule has 0 heterocycles. The normalized spacial score (nSPS) is 11.0. The van der Waals surface area contributed by atoms with Gasteiger partial charge in [0.25, 0.3) is 0 Å². The number of hydrogen-bond acceptors (Lipinski definition) is 2. The first kappa shape index (κ1) is 11.9. The molecule has 0 saturated heterocycles. The van der Waals surface area contributed by atoms with Gasteiger partial charge < -0.3 is 9.84 Å². The third-order valence-corrected chi connectivity index (χ3v) is 2.29. The predicted molar refractivity (Wildman–Crippen MR) is 51.2 cm³/mol. The van der Waals surface area contributed by atoms with Crippen LogP contribution in [0.4, 0.5) is 0 Å². The molecule has 2 heteroatoms. The van der Waals surface area contributed by atoms with E-state index in [1.165, 1.54) is 19.3 Å². The van der Waals surface area contributed by atoms with Gasteiger partial charge in [0.1, 0.15) is 0 Å². The topological polar surface area (TPSA) is 29.5 Å². The molecule has 0 aliphatic heterocycles. The third kappa shape index (κ3) is 6.62. The summed E-state index contributed by atoms with van der Waals surface area (Å²) >= 11 is 0. The van der Waals surface area contributed by atoms with Gasteiger partial charge in [-0.2, -0.15) is 0 Å². The molecular weight excluding hydrogens is 152 g/mol. The molecule has 0 aliphatic carbocycles. The van der Waals surface area contributed by atoms with E-state index in [1.54, 1.807) is 0 Å². The van der Waals surface area contributed by atoms with E-state index in [0.29, 0.717) is 6.61 Å². The lowest BCUT2D eigenvalue weighted by Crippen LogP contribution is -2.03.